The number of hydrogen-bond acceptors (Lipinski definition) is 3. The molecular formula is C9H17N3O2. The molecule has 3 N–H and O–H groups in total. The Morgan fingerprint density at radius 3 is 2.86 bits per heavy atom. The fraction of sp³-hybridized carbons (Fsp3) is 0.778. The number of hydrogen-bond donors (Lipinski definition) is 2. The summed E-state index contributed by atoms with van der Waals surface area (Å²) in [6.45, 7) is 2.89. The average Bonchev–Trinajstić information content (AvgIpc) is 2.16. The first kappa shape index (κ1) is 11.0. The van der Waals surface area contributed by atoms with Crippen molar-refractivity contribution in [1.29, 1.82) is 0 Å². The number of nitrogens with one attached hydrogen (secondary N) is 1. The lowest BCUT2D eigenvalue weighted by Gasteiger charge is -2.32. The van der Waals surface area contributed by atoms with E-state index in [1.54, 1.807) is 4.90 Å². The minimum atomic E-state index is -0.0444. The molecule has 0 aliphatic carbocycles. The molecule has 1 aliphatic rings. The molecular weight excluding hydrogens is 182 g/mol. The van der Waals surface area contributed by atoms with E-state index in [-0.39, 0.29) is 24.4 Å². The molecule has 1 aliphatic heterocycles. The van der Waals surface area contributed by atoms with Crippen molar-refractivity contribution in [2.45, 2.75) is 25.8 Å². The summed E-state index contributed by atoms with van der Waals surface area (Å²) in [7, 11) is 0. The molecule has 2 amide bonds. The lowest BCUT2D eigenvalue weighted by atomic mass is 10.1. The van der Waals surface area contributed by atoms with Crippen LogP contribution in [0, 0.1) is 0 Å². The van der Waals surface area contributed by atoms with Crippen LogP contribution in [-0.2, 0) is 9.59 Å². The second kappa shape index (κ2) is 4.95. The Morgan fingerprint density at radius 1 is 1.57 bits per heavy atom. The van der Waals surface area contributed by atoms with Crippen LogP contribution >= 0.6 is 0 Å². The summed E-state index contributed by atoms with van der Waals surface area (Å²) in [5.41, 5.74) is 5.27. The van der Waals surface area contributed by atoms with Crippen LogP contribution in [0.2, 0.25) is 0 Å². The molecule has 0 bridgehead atoms. The summed E-state index contributed by atoms with van der Waals surface area (Å²) < 4.78 is 0. The van der Waals surface area contributed by atoms with Crippen LogP contribution in [0.15, 0.2) is 0 Å². The van der Waals surface area contributed by atoms with E-state index in [9.17, 15) is 9.59 Å². The van der Waals surface area contributed by atoms with E-state index in [0.29, 0.717) is 6.54 Å². The van der Waals surface area contributed by atoms with Crippen LogP contribution < -0.4 is 11.1 Å². The van der Waals surface area contributed by atoms with Crippen molar-refractivity contribution >= 4 is 11.8 Å². The van der Waals surface area contributed by atoms with Crippen molar-refractivity contribution in [3.63, 3.8) is 0 Å². The van der Waals surface area contributed by atoms with E-state index in [4.69, 9.17) is 5.73 Å². The number of amides is 2. The lowest BCUT2D eigenvalue weighted by Crippen LogP contribution is -2.50. The van der Waals surface area contributed by atoms with Crippen molar-refractivity contribution < 1.29 is 9.59 Å². The standard InChI is InChI=1S/C9H17N3O2/c1-7(13)11-8-3-2-4-12(6-8)9(14)5-10/h8H,2-6,10H2,1H3,(H,11,13)/t8-/m1/s1. The quantitative estimate of drug-likeness (QED) is 0.603. The van der Waals surface area contributed by atoms with E-state index in [1.165, 1.54) is 6.92 Å². The van der Waals surface area contributed by atoms with Gasteiger partial charge in [-0.2, -0.15) is 0 Å². The van der Waals surface area contributed by atoms with E-state index < -0.39 is 0 Å². The Morgan fingerprint density at radius 2 is 2.29 bits per heavy atom. The third kappa shape index (κ3) is 2.99. The van der Waals surface area contributed by atoms with Gasteiger partial charge in [0.25, 0.3) is 0 Å². The molecule has 0 unspecified atom stereocenters. The molecule has 80 valence electrons. The summed E-state index contributed by atoms with van der Waals surface area (Å²) in [6, 6.07) is 0.0942. The summed E-state index contributed by atoms with van der Waals surface area (Å²) >= 11 is 0. The summed E-state index contributed by atoms with van der Waals surface area (Å²) in [5, 5.41) is 2.82. The zero-order chi connectivity index (χ0) is 10.6. The SMILES string of the molecule is CC(=O)N[C@@H]1CCCN(C(=O)CN)C1. The van der Waals surface area contributed by atoms with Crippen molar-refractivity contribution in [2.75, 3.05) is 19.6 Å². The fourth-order valence-corrected chi connectivity index (χ4v) is 1.74. The number of nitrogens with two attached hydrogens (primary N) is 1. The first-order chi connectivity index (χ1) is 6.63. The minimum absolute atomic E-state index is 0.0416. The highest BCUT2D eigenvalue weighted by Gasteiger charge is 2.22. The molecule has 0 aromatic carbocycles. The van der Waals surface area contributed by atoms with Gasteiger partial charge in [0.15, 0.2) is 0 Å². The molecule has 5 nitrogen and oxygen atoms in total. The zero-order valence-corrected chi connectivity index (χ0v) is 8.45. The molecule has 1 rings (SSSR count). The Hall–Kier alpha value is -1.10. The number of rotatable bonds is 2. The van der Waals surface area contributed by atoms with E-state index >= 15 is 0 Å². The van der Waals surface area contributed by atoms with Crippen molar-refractivity contribution in [2.24, 2.45) is 5.73 Å². The van der Waals surface area contributed by atoms with Crippen LogP contribution in [-0.4, -0.2) is 42.4 Å². The fourth-order valence-electron chi connectivity index (χ4n) is 1.74. The number of nitrogens with zero attached hydrogens (tertiary/aromatic N) is 1. The van der Waals surface area contributed by atoms with Crippen molar-refractivity contribution in [1.82, 2.24) is 10.2 Å². The monoisotopic (exact) mass is 199 g/mol. The maximum Gasteiger partial charge on any atom is 0.236 e. The Labute approximate surface area is 83.6 Å². The molecule has 0 saturated carbocycles. The lowest BCUT2D eigenvalue weighted by molar-refractivity contribution is -0.132. The van der Waals surface area contributed by atoms with Crippen LogP contribution in [0.4, 0.5) is 0 Å². The van der Waals surface area contributed by atoms with Gasteiger partial charge in [-0.3, -0.25) is 9.59 Å². The van der Waals surface area contributed by atoms with Gasteiger partial charge in [-0.1, -0.05) is 0 Å². The molecule has 0 aromatic rings. The summed E-state index contributed by atoms with van der Waals surface area (Å²) in [5.74, 6) is -0.0860. The average molecular weight is 199 g/mol. The molecule has 1 saturated heterocycles. The predicted molar refractivity (Wildman–Crippen MR) is 52.5 cm³/mol. The number of piperidine rings is 1. The van der Waals surface area contributed by atoms with Crippen LogP contribution in [0.5, 0.6) is 0 Å². The molecule has 1 heterocycles. The first-order valence-corrected chi connectivity index (χ1v) is 4.88. The topological polar surface area (TPSA) is 75.4 Å². The molecule has 1 atom stereocenters. The second-order valence-electron chi connectivity index (χ2n) is 3.58. The molecule has 1 fully saturated rings. The van der Waals surface area contributed by atoms with Gasteiger partial charge < -0.3 is 16.0 Å². The molecule has 0 radical (unpaired) electrons. The van der Waals surface area contributed by atoms with Gasteiger partial charge in [0.05, 0.1) is 6.54 Å². The maximum absolute atomic E-state index is 11.3. The number of carbonyl (C=O) groups is 2. The summed E-state index contributed by atoms with van der Waals surface area (Å²) in [4.78, 5) is 23.8. The second-order valence-corrected chi connectivity index (χ2v) is 3.58. The third-order valence-corrected chi connectivity index (χ3v) is 2.36. The van der Waals surface area contributed by atoms with Gasteiger partial charge in [0.1, 0.15) is 0 Å². The number of likely N-dealkylation sites (tertiary alicyclic amines) is 1. The third-order valence-electron chi connectivity index (χ3n) is 2.36. The Kier molecular flexibility index (Phi) is 3.88. The Bertz CT molecular complexity index is 230. The summed E-state index contributed by atoms with van der Waals surface area (Å²) in [6.07, 6.45) is 1.87. The highest BCUT2D eigenvalue weighted by atomic mass is 16.2. The minimum Gasteiger partial charge on any atom is -0.352 e. The van der Waals surface area contributed by atoms with E-state index in [2.05, 4.69) is 5.32 Å². The highest BCUT2D eigenvalue weighted by molar-refractivity contribution is 5.78. The van der Waals surface area contributed by atoms with Gasteiger partial charge in [0.2, 0.25) is 11.8 Å². The predicted octanol–water partition coefficient (Wildman–Crippen LogP) is -0.928. The molecule has 14 heavy (non-hydrogen) atoms. The first-order valence-electron chi connectivity index (χ1n) is 4.88. The van der Waals surface area contributed by atoms with E-state index in [1.807, 2.05) is 0 Å². The van der Waals surface area contributed by atoms with Gasteiger partial charge in [0, 0.05) is 26.1 Å². The maximum atomic E-state index is 11.3. The van der Waals surface area contributed by atoms with Crippen LogP contribution in [0.1, 0.15) is 19.8 Å². The van der Waals surface area contributed by atoms with Crippen molar-refractivity contribution in [3.05, 3.63) is 0 Å². The highest BCUT2D eigenvalue weighted by Crippen LogP contribution is 2.09. The normalized spacial score (nSPS) is 21.9. The van der Waals surface area contributed by atoms with Crippen LogP contribution in [0.25, 0.3) is 0 Å². The largest absolute Gasteiger partial charge is 0.352 e. The van der Waals surface area contributed by atoms with Crippen molar-refractivity contribution in [3.8, 4) is 0 Å². The van der Waals surface area contributed by atoms with Gasteiger partial charge in [-0.25, -0.2) is 0 Å². The Balaban J connectivity index is 2.43. The number of carbonyl (C=O) groups excluding carboxylic acids is 2. The van der Waals surface area contributed by atoms with Gasteiger partial charge >= 0.3 is 0 Å². The molecule has 5 heteroatoms. The molecule has 0 aromatic heterocycles. The van der Waals surface area contributed by atoms with Gasteiger partial charge in [-0.15, -0.1) is 0 Å². The van der Waals surface area contributed by atoms with Crippen LogP contribution in [0.3, 0.4) is 0 Å². The van der Waals surface area contributed by atoms with E-state index in [0.717, 1.165) is 19.4 Å². The zero-order valence-electron chi connectivity index (χ0n) is 8.45. The smallest absolute Gasteiger partial charge is 0.236 e. The molecule has 0 spiro atoms. The van der Waals surface area contributed by atoms with Gasteiger partial charge in [-0.05, 0) is 12.8 Å².